The van der Waals surface area contributed by atoms with Crippen LogP contribution in [0.5, 0.6) is 0 Å². The van der Waals surface area contributed by atoms with E-state index in [2.05, 4.69) is 36.5 Å². The van der Waals surface area contributed by atoms with Crippen molar-refractivity contribution < 1.29 is 4.79 Å². The van der Waals surface area contributed by atoms with Crippen LogP contribution in [0.1, 0.15) is 31.7 Å². The normalized spacial score (nSPS) is 17.3. The van der Waals surface area contributed by atoms with Crippen molar-refractivity contribution in [1.29, 1.82) is 0 Å². The number of hydrogen-bond donors (Lipinski definition) is 1. The predicted molar refractivity (Wildman–Crippen MR) is 72.3 cm³/mol. The highest BCUT2D eigenvalue weighted by molar-refractivity contribution is 8.00. The molecule has 1 N–H and O–H groups in total. The van der Waals surface area contributed by atoms with Gasteiger partial charge in [0.25, 0.3) is 0 Å². The molecule has 2 rings (SSSR count). The van der Waals surface area contributed by atoms with Crippen LogP contribution in [0.15, 0.2) is 29.2 Å². The van der Waals surface area contributed by atoms with Gasteiger partial charge in [0, 0.05) is 10.9 Å². The average Bonchev–Trinajstić information content (AvgIpc) is 2.26. The third-order valence-electron chi connectivity index (χ3n) is 3.15. The minimum absolute atomic E-state index is 0.0155. The molecule has 0 radical (unpaired) electrons. The van der Waals surface area contributed by atoms with E-state index >= 15 is 0 Å². The van der Waals surface area contributed by atoms with E-state index in [0.29, 0.717) is 6.04 Å². The van der Waals surface area contributed by atoms with Gasteiger partial charge in [-0.05, 0) is 45.2 Å². The molecule has 0 bridgehead atoms. The van der Waals surface area contributed by atoms with Gasteiger partial charge in [0.05, 0.1) is 5.25 Å². The maximum absolute atomic E-state index is 11.9. The van der Waals surface area contributed by atoms with Crippen LogP contribution < -0.4 is 5.32 Å². The third kappa shape index (κ3) is 3.50. The molecule has 92 valence electrons. The number of carbonyl (C=O) groups excluding carboxylic acids is 1. The topological polar surface area (TPSA) is 29.1 Å². The van der Waals surface area contributed by atoms with Gasteiger partial charge in [-0.3, -0.25) is 4.79 Å². The van der Waals surface area contributed by atoms with Gasteiger partial charge in [0.1, 0.15) is 0 Å². The first-order valence-corrected chi connectivity index (χ1v) is 7.07. The van der Waals surface area contributed by atoms with E-state index < -0.39 is 0 Å². The number of carbonyl (C=O) groups is 1. The van der Waals surface area contributed by atoms with Crippen LogP contribution in [-0.2, 0) is 4.79 Å². The summed E-state index contributed by atoms with van der Waals surface area (Å²) in [6, 6.07) is 8.75. The number of thioether (sulfide) groups is 1. The lowest BCUT2D eigenvalue weighted by Crippen LogP contribution is -2.42. The van der Waals surface area contributed by atoms with Crippen molar-refractivity contribution in [3.05, 3.63) is 29.8 Å². The van der Waals surface area contributed by atoms with Gasteiger partial charge < -0.3 is 5.32 Å². The lowest BCUT2D eigenvalue weighted by Gasteiger charge is -2.27. The predicted octanol–water partition coefficient (Wildman–Crippen LogP) is 3.14. The van der Waals surface area contributed by atoms with E-state index in [-0.39, 0.29) is 11.2 Å². The molecule has 0 spiro atoms. The van der Waals surface area contributed by atoms with Gasteiger partial charge in [0.15, 0.2) is 0 Å². The van der Waals surface area contributed by atoms with E-state index in [1.807, 2.05) is 6.92 Å². The molecule has 0 saturated heterocycles. The van der Waals surface area contributed by atoms with Crippen LogP contribution in [0.3, 0.4) is 0 Å². The minimum atomic E-state index is -0.0155. The highest BCUT2D eigenvalue weighted by Crippen LogP contribution is 2.25. The van der Waals surface area contributed by atoms with Crippen LogP contribution in [0.4, 0.5) is 0 Å². The van der Waals surface area contributed by atoms with E-state index in [1.54, 1.807) is 11.8 Å². The molecule has 1 amide bonds. The largest absolute Gasteiger partial charge is 0.352 e. The Kier molecular flexibility index (Phi) is 4.11. The van der Waals surface area contributed by atoms with Crippen LogP contribution in [0, 0.1) is 6.92 Å². The number of benzene rings is 1. The van der Waals surface area contributed by atoms with Crippen molar-refractivity contribution in [2.75, 3.05) is 0 Å². The Labute approximate surface area is 107 Å². The molecule has 1 aliphatic rings. The van der Waals surface area contributed by atoms with E-state index in [9.17, 15) is 4.79 Å². The van der Waals surface area contributed by atoms with Crippen molar-refractivity contribution in [3.8, 4) is 0 Å². The van der Waals surface area contributed by atoms with Crippen LogP contribution >= 0.6 is 11.8 Å². The Morgan fingerprint density at radius 3 is 2.53 bits per heavy atom. The van der Waals surface area contributed by atoms with Crippen LogP contribution in [0.25, 0.3) is 0 Å². The first-order chi connectivity index (χ1) is 8.15. The maximum atomic E-state index is 11.9. The third-order valence-corrected chi connectivity index (χ3v) is 4.27. The van der Waals surface area contributed by atoms with Crippen molar-refractivity contribution in [2.24, 2.45) is 0 Å². The summed E-state index contributed by atoms with van der Waals surface area (Å²) in [7, 11) is 0. The zero-order chi connectivity index (χ0) is 12.3. The molecule has 1 aromatic rings. The summed E-state index contributed by atoms with van der Waals surface area (Å²) in [5.74, 6) is 0.167. The van der Waals surface area contributed by atoms with Gasteiger partial charge in [0.2, 0.25) is 5.91 Å². The zero-order valence-electron chi connectivity index (χ0n) is 10.4. The summed E-state index contributed by atoms with van der Waals surface area (Å²) in [5, 5.41) is 3.07. The molecule has 0 aliphatic heterocycles. The van der Waals surface area contributed by atoms with E-state index in [4.69, 9.17) is 0 Å². The highest BCUT2D eigenvalue weighted by atomic mass is 32.2. The average molecular weight is 249 g/mol. The zero-order valence-corrected chi connectivity index (χ0v) is 11.2. The molecule has 2 nitrogen and oxygen atoms in total. The van der Waals surface area contributed by atoms with Crippen LogP contribution in [-0.4, -0.2) is 17.2 Å². The summed E-state index contributed by atoms with van der Waals surface area (Å²) in [5.41, 5.74) is 1.25. The molecule has 1 atom stereocenters. The first-order valence-electron chi connectivity index (χ1n) is 6.19. The molecule has 1 unspecified atom stereocenters. The van der Waals surface area contributed by atoms with E-state index in [1.165, 1.54) is 12.0 Å². The number of amides is 1. The molecule has 17 heavy (non-hydrogen) atoms. The van der Waals surface area contributed by atoms with Gasteiger partial charge >= 0.3 is 0 Å². The second-order valence-corrected chi connectivity index (χ2v) is 6.12. The summed E-state index contributed by atoms with van der Waals surface area (Å²) < 4.78 is 0. The fourth-order valence-electron chi connectivity index (χ4n) is 1.75. The Morgan fingerprint density at radius 1 is 1.35 bits per heavy atom. The summed E-state index contributed by atoms with van der Waals surface area (Å²) in [6.45, 7) is 4.04. The number of nitrogens with one attached hydrogen (secondary N) is 1. The van der Waals surface area contributed by atoms with E-state index in [0.717, 1.165) is 17.7 Å². The number of rotatable bonds is 4. The minimum Gasteiger partial charge on any atom is -0.352 e. The molecule has 3 heteroatoms. The molecule has 0 aromatic heterocycles. The molecule has 1 saturated carbocycles. The smallest absolute Gasteiger partial charge is 0.233 e. The highest BCUT2D eigenvalue weighted by Gasteiger charge is 2.22. The molecule has 1 fully saturated rings. The Bertz CT molecular complexity index is 384. The molecule has 0 heterocycles. The van der Waals surface area contributed by atoms with Crippen molar-refractivity contribution in [1.82, 2.24) is 5.32 Å². The molecular formula is C14H19NOS. The Hall–Kier alpha value is -0.960. The number of hydrogen-bond acceptors (Lipinski definition) is 2. The fourth-order valence-corrected chi connectivity index (χ4v) is 2.62. The lowest BCUT2D eigenvalue weighted by molar-refractivity contribution is -0.121. The second-order valence-electron chi connectivity index (χ2n) is 4.71. The molecule has 1 aromatic carbocycles. The van der Waals surface area contributed by atoms with Crippen molar-refractivity contribution in [2.45, 2.75) is 49.3 Å². The molecule has 1 aliphatic carbocycles. The Balaban J connectivity index is 1.84. The van der Waals surface area contributed by atoms with Crippen LogP contribution in [0.2, 0.25) is 0 Å². The van der Waals surface area contributed by atoms with Gasteiger partial charge in [-0.1, -0.05) is 17.7 Å². The Morgan fingerprint density at radius 2 is 2.00 bits per heavy atom. The first kappa shape index (κ1) is 12.5. The monoisotopic (exact) mass is 249 g/mol. The summed E-state index contributed by atoms with van der Waals surface area (Å²) in [6.07, 6.45) is 3.55. The number of aryl methyl sites for hydroxylation is 1. The summed E-state index contributed by atoms with van der Waals surface area (Å²) in [4.78, 5) is 13.0. The second kappa shape index (κ2) is 5.58. The maximum Gasteiger partial charge on any atom is 0.233 e. The van der Waals surface area contributed by atoms with Crippen molar-refractivity contribution in [3.63, 3.8) is 0 Å². The SMILES string of the molecule is Cc1ccc(SC(C)C(=O)NC2CCC2)cc1. The van der Waals surface area contributed by atoms with Gasteiger partial charge in [-0.15, -0.1) is 11.8 Å². The lowest BCUT2D eigenvalue weighted by atomic mass is 9.93. The van der Waals surface area contributed by atoms with Gasteiger partial charge in [-0.25, -0.2) is 0 Å². The van der Waals surface area contributed by atoms with Gasteiger partial charge in [-0.2, -0.15) is 0 Å². The summed E-state index contributed by atoms with van der Waals surface area (Å²) >= 11 is 1.62. The fraction of sp³-hybridized carbons (Fsp3) is 0.500. The standard InChI is InChI=1S/C14H19NOS/c1-10-6-8-13(9-7-10)17-11(2)14(16)15-12-4-3-5-12/h6-9,11-12H,3-5H2,1-2H3,(H,15,16). The van der Waals surface area contributed by atoms with Crippen molar-refractivity contribution >= 4 is 17.7 Å². The molecular weight excluding hydrogens is 230 g/mol. The quantitative estimate of drug-likeness (QED) is 0.831.